The second kappa shape index (κ2) is 7.82. The van der Waals surface area contributed by atoms with Crippen molar-refractivity contribution in [2.24, 2.45) is 0 Å². The highest BCUT2D eigenvalue weighted by Crippen LogP contribution is 2.28. The van der Waals surface area contributed by atoms with Crippen LogP contribution in [0.1, 0.15) is 36.5 Å². The number of anilines is 3. The molecule has 1 aliphatic rings. The predicted octanol–water partition coefficient (Wildman–Crippen LogP) is 4.18. The van der Waals surface area contributed by atoms with E-state index >= 15 is 0 Å². The summed E-state index contributed by atoms with van der Waals surface area (Å²) < 4.78 is 0. The molecule has 27 heavy (non-hydrogen) atoms. The van der Waals surface area contributed by atoms with Crippen molar-refractivity contribution in [3.8, 4) is 0 Å². The van der Waals surface area contributed by atoms with Crippen molar-refractivity contribution in [2.75, 3.05) is 22.1 Å². The molecule has 0 unspecified atom stereocenters. The first-order valence-corrected chi connectivity index (χ1v) is 9.41. The van der Waals surface area contributed by atoms with Gasteiger partial charge in [0.05, 0.1) is 0 Å². The lowest BCUT2D eigenvalue weighted by molar-refractivity contribution is -0.117. The minimum Gasteiger partial charge on any atom is -0.374 e. The Balaban J connectivity index is 1.68. The van der Waals surface area contributed by atoms with Crippen LogP contribution in [0.5, 0.6) is 0 Å². The Morgan fingerprint density at radius 2 is 1.78 bits per heavy atom. The van der Waals surface area contributed by atoms with Gasteiger partial charge in [-0.25, -0.2) is 0 Å². The van der Waals surface area contributed by atoms with Crippen LogP contribution in [0.2, 0.25) is 0 Å². The number of nitrogens with one attached hydrogen (secondary N) is 2. The van der Waals surface area contributed by atoms with Gasteiger partial charge in [-0.1, -0.05) is 18.2 Å². The third-order valence-corrected chi connectivity index (χ3v) is 5.07. The number of aryl methyl sites for hydroxylation is 3. The van der Waals surface area contributed by atoms with E-state index in [2.05, 4.69) is 10.6 Å². The monoisotopic (exact) mass is 365 g/mol. The normalized spacial score (nSPS) is 15.0. The van der Waals surface area contributed by atoms with Crippen LogP contribution in [0.25, 0.3) is 0 Å². The number of para-hydroxylation sites is 1. The molecule has 1 saturated heterocycles. The van der Waals surface area contributed by atoms with Crippen LogP contribution in [-0.2, 0) is 9.59 Å². The summed E-state index contributed by atoms with van der Waals surface area (Å²) in [5, 5.41) is 6.28. The van der Waals surface area contributed by atoms with Gasteiger partial charge in [0, 0.05) is 30.0 Å². The Kier molecular flexibility index (Phi) is 5.49. The third-order valence-electron chi connectivity index (χ3n) is 5.07. The molecule has 5 heteroatoms. The van der Waals surface area contributed by atoms with Crippen LogP contribution < -0.4 is 15.5 Å². The summed E-state index contributed by atoms with van der Waals surface area (Å²) in [6.45, 7) is 8.59. The van der Waals surface area contributed by atoms with E-state index in [4.69, 9.17) is 0 Å². The topological polar surface area (TPSA) is 61.4 Å². The van der Waals surface area contributed by atoms with E-state index in [9.17, 15) is 9.59 Å². The zero-order chi connectivity index (χ0) is 19.6. The van der Waals surface area contributed by atoms with E-state index in [1.54, 1.807) is 0 Å². The van der Waals surface area contributed by atoms with Gasteiger partial charge in [0.15, 0.2) is 0 Å². The molecule has 3 rings (SSSR count). The Labute approximate surface area is 160 Å². The summed E-state index contributed by atoms with van der Waals surface area (Å²) in [6, 6.07) is 11.4. The molecule has 1 fully saturated rings. The predicted molar refractivity (Wildman–Crippen MR) is 110 cm³/mol. The van der Waals surface area contributed by atoms with Gasteiger partial charge in [-0.05, 0) is 69.0 Å². The third kappa shape index (κ3) is 4.13. The van der Waals surface area contributed by atoms with Crippen LogP contribution in [0, 0.1) is 20.8 Å². The molecule has 1 atom stereocenters. The first-order chi connectivity index (χ1) is 12.9. The van der Waals surface area contributed by atoms with Gasteiger partial charge in [0.1, 0.15) is 6.04 Å². The zero-order valence-corrected chi connectivity index (χ0v) is 16.4. The molecular formula is C22H27N3O2. The maximum atomic E-state index is 12.6. The van der Waals surface area contributed by atoms with Crippen LogP contribution in [-0.4, -0.2) is 24.4 Å². The number of rotatable bonds is 5. The zero-order valence-electron chi connectivity index (χ0n) is 16.4. The fraction of sp³-hybridized carbons (Fsp3) is 0.364. The first-order valence-electron chi connectivity index (χ1n) is 9.41. The lowest BCUT2D eigenvalue weighted by atomic mass is 10.1. The van der Waals surface area contributed by atoms with Crippen molar-refractivity contribution in [3.05, 3.63) is 53.1 Å². The molecule has 0 aromatic heterocycles. The van der Waals surface area contributed by atoms with E-state index in [-0.39, 0.29) is 17.9 Å². The summed E-state index contributed by atoms with van der Waals surface area (Å²) in [6.07, 6.45) is 1.53. The molecular weight excluding hydrogens is 338 g/mol. The van der Waals surface area contributed by atoms with Crippen molar-refractivity contribution in [3.63, 3.8) is 0 Å². The first kappa shape index (κ1) is 19.0. The second-order valence-electron chi connectivity index (χ2n) is 7.27. The molecule has 0 radical (unpaired) electrons. The number of benzene rings is 2. The Morgan fingerprint density at radius 1 is 1.07 bits per heavy atom. The Bertz CT molecular complexity index is 856. The van der Waals surface area contributed by atoms with Gasteiger partial charge in [-0.3, -0.25) is 9.59 Å². The molecule has 1 aliphatic heterocycles. The van der Waals surface area contributed by atoms with Gasteiger partial charge >= 0.3 is 0 Å². The quantitative estimate of drug-likeness (QED) is 0.836. The summed E-state index contributed by atoms with van der Waals surface area (Å²) in [5.74, 6) is 0.101. The average Bonchev–Trinajstić information content (AvgIpc) is 3.04. The van der Waals surface area contributed by atoms with Gasteiger partial charge in [-0.15, -0.1) is 0 Å². The molecule has 0 saturated carbocycles. The van der Waals surface area contributed by atoms with E-state index in [1.165, 1.54) is 0 Å². The van der Waals surface area contributed by atoms with Crippen LogP contribution in [0.15, 0.2) is 36.4 Å². The van der Waals surface area contributed by atoms with E-state index < -0.39 is 0 Å². The highest BCUT2D eigenvalue weighted by atomic mass is 16.2. The van der Waals surface area contributed by atoms with Gasteiger partial charge < -0.3 is 15.5 Å². The molecule has 0 aliphatic carbocycles. The molecule has 5 nitrogen and oxygen atoms in total. The standard InChI is InChI=1S/C22H27N3O2/c1-14-7-5-8-15(2)21(14)24-22(27)17(4)23-18-10-11-19(16(3)13-18)25-12-6-9-20(25)26/h5,7-8,10-11,13,17,23H,6,9,12H2,1-4H3,(H,24,27)/t17-/m1/s1. The minimum absolute atomic E-state index is 0.0798. The highest BCUT2D eigenvalue weighted by molar-refractivity contribution is 5.98. The summed E-state index contributed by atoms with van der Waals surface area (Å²) in [4.78, 5) is 26.4. The van der Waals surface area contributed by atoms with Gasteiger partial charge in [-0.2, -0.15) is 0 Å². The molecule has 0 bridgehead atoms. The van der Waals surface area contributed by atoms with Crippen LogP contribution in [0.4, 0.5) is 17.1 Å². The van der Waals surface area contributed by atoms with Gasteiger partial charge in [0.25, 0.3) is 0 Å². The maximum absolute atomic E-state index is 12.6. The van der Waals surface area contributed by atoms with Crippen molar-refractivity contribution in [2.45, 2.75) is 46.6 Å². The second-order valence-corrected chi connectivity index (χ2v) is 7.27. The minimum atomic E-state index is -0.386. The molecule has 142 valence electrons. The fourth-order valence-corrected chi connectivity index (χ4v) is 3.51. The molecule has 1 heterocycles. The summed E-state index contributed by atoms with van der Waals surface area (Å²) >= 11 is 0. The number of carbonyl (C=O) groups is 2. The van der Waals surface area contributed by atoms with E-state index in [0.29, 0.717) is 6.42 Å². The number of carbonyl (C=O) groups excluding carboxylic acids is 2. The number of nitrogens with zero attached hydrogens (tertiary/aromatic N) is 1. The number of amides is 2. The maximum Gasteiger partial charge on any atom is 0.246 e. The summed E-state index contributed by atoms with van der Waals surface area (Å²) in [5.41, 5.74) is 5.81. The van der Waals surface area contributed by atoms with E-state index in [0.717, 1.165) is 46.7 Å². The van der Waals surface area contributed by atoms with Crippen molar-refractivity contribution >= 4 is 28.9 Å². The average molecular weight is 365 g/mol. The molecule has 2 amide bonds. The largest absolute Gasteiger partial charge is 0.374 e. The van der Waals surface area contributed by atoms with Crippen molar-refractivity contribution < 1.29 is 9.59 Å². The number of hydrogen-bond acceptors (Lipinski definition) is 3. The van der Waals surface area contributed by atoms with Crippen molar-refractivity contribution in [1.29, 1.82) is 0 Å². The lowest BCUT2D eigenvalue weighted by Crippen LogP contribution is -2.32. The molecule has 2 aromatic rings. The Morgan fingerprint density at radius 3 is 2.37 bits per heavy atom. The fourth-order valence-electron chi connectivity index (χ4n) is 3.51. The lowest BCUT2D eigenvalue weighted by Gasteiger charge is -2.21. The van der Waals surface area contributed by atoms with E-state index in [1.807, 2.05) is 69.0 Å². The smallest absolute Gasteiger partial charge is 0.246 e. The van der Waals surface area contributed by atoms with Gasteiger partial charge in [0.2, 0.25) is 11.8 Å². The molecule has 2 N–H and O–H groups in total. The van der Waals surface area contributed by atoms with Crippen LogP contribution in [0.3, 0.4) is 0 Å². The van der Waals surface area contributed by atoms with Crippen molar-refractivity contribution in [1.82, 2.24) is 0 Å². The highest BCUT2D eigenvalue weighted by Gasteiger charge is 2.23. The molecule has 0 spiro atoms. The number of hydrogen-bond donors (Lipinski definition) is 2. The van der Waals surface area contributed by atoms with Crippen LogP contribution >= 0.6 is 0 Å². The SMILES string of the molecule is Cc1cc(N[C@H](C)C(=O)Nc2c(C)cccc2C)ccc1N1CCCC1=O. The molecule has 2 aromatic carbocycles. The summed E-state index contributed by atoms with van der Waals surface area (Å²) in [7, 11) is 0. The Hall–Kier alpha value is -2.82.